The van der Waals surface area contributed by atoms with Gasteiger partial charge in [-0.05, 0) is 75.2 Å². The van der Waals surface area contributed by atoms with Crippen LogP contribution in [0.3, 0.4) is 0 Å². The number of benzene rings is 2. The number of ketones is 1. The standard InChI is InChI=1S/C15H11Br2FO2/c1-2-20-10-4-6-12(14(17)8-10)15(19)11-5-3-9(18)7-13(11)16/h3-8H,2H2,1H3. The van der Waals surface area contributed by atoms with Gasteiger partial charge in [-0.25, -0.2) is 4.39 Å². The SMILES string of the molecule is CCOc1ccc(C(=O)c2ccc(F)cc2Br)c(Br)c1. The lowest BCUT2D eigenvalue weighted by Gasteiger charge is -2.08. The molecule has 2 aromatic rings. The Labute approximate surface area is 133 Å². The Morgan fingerprint density at radius 2 is 1.70 bits per heavy atom. The van der Waals surface area contributed by atoms with Crippen LogP contribution in [0.5, 0.6) is 5.75 Å². The summed E-state index contributed by atoms with van der Waals surface area (Å²) in [6, 6.07) is 9.17. The molecule has 0 aliphatic carbocycles. The number of hydrogen-bond donors (Lipinski definition) is 0. The molecule has 104 valence electrons. The van der Waals surface area contributed by atoms with Gasteiger partial charge in [0.25, 0.3) is 0 Å². The maximum absolute atomic E-state index is 13.1. The highest BCUT2D eigenvalue weighted by molar-refractivity contribution is 9.11. The molecule has 0 saturated heterocycles. The van der Waals surface area contributed by atoms with Gasteiger partial charge < -0.3 is 4.74 Å². The van der Waals surface area contributed by atoms with E-state index < -0.39 is 0 Å². The fraction of sp³-hybridized carbons (Fsp3) is 0.133. The molecule has 2 nitrogen and oxygen atoms in total. The summed E-state index contributed by atoms with van der Waals surface area (Å²) in [7, 11) is 0. The maximum Gasteiger partial charge on any atom is 0.195 e. The minimum absolute atomic E-state index is 0.188. The molecule has 20 heavy (non-hydrogen) atoms. The van der Waals surface area contributed by atoms with E-state index >= 15 is 0 Å². The third-order valence-electron chi connectivity index (χ3n) is 2.67. The van der Waals surface area contributed by atoms with Gasteiger partial charge >= 0.3 is 0 Å². The van der Waals surface area contributed by atoms with Crippen LogP contribution in [0.2, 0.25) is 0 Å². The first-order valence-corrected chi connectivity index (χ1v) is 7.53. The molecule has 2 rings (SSSR count). The summed E-state index contributed by atoms with van der Waals surface area (Å²) in [6.45, 7) is 2.45. The number of rotatable bonds is 4. The zero-order chi connectivity index (χ0) is 14.7. The van der Waals surface area contributed by atoms with Crippen LogP contribution in [0.15, 0.2) is 45.3 Å². The highest BCUT2D eigenvalue weighted by atomic mass is 79.9. The van der Waals surface area contributed by atoms with E-state index in [-0.39, 0.29) is 11.6 Å². The molecule has 0 N–H and O–H groups in total. The van der Waals surface area contributed by atoms with Gasteiger partial charge in [-0.3, -0.25) is 4.79 Å². The van der Waals surface area contributed by atoms with Crippen molar-refractivity contribution in [3.8, 4) is 5.75 Å². The number of carbonyl (C=O) groups excluding carboxylic acids is 1. The Morgan fingerprint density at radius 3 is 2.25 bits per heavy atom. The van der Waals surface area contributed by atoms with E-state index in [4.69, 9.17) is 4.74 Å². The summed E-state index contributed by atoms with van der Waals surface area (Å²) >= 11 is 6.57. The molecular formula is C15H11Br2FO2. The van der Waals surface area contributed by atoms with Gasteiger partial charge in [-0.15, -0.1) is 0 Å². The second-order valence-electron chi connectivity index (χ2n) is 4.03. The zero-order valence-corrected chi connectivity index (χ0v) is 13.8. The Morgan fingerprint density at radius 1 is 1.10 bits per heavy atom. The lowest BCUT2D eigenvalue weighted by Crippen LogP contribution is -2.04. The van der Waals surface area contributed by atoms with Crippen LogP contribution in [0, 0.1) is 5.82 Å². The molecule has 0 bridgehead atoms. The number of halogens is 3. The molecule has 0 atom stereocenters. The molecule has 0 radical (unpaired) electrons. The Balaban J connectivity index is 2.38. The fourth-order valence-electron chi connectivity index (χ4n) is 1.76. The quantitative estimate of drug-likeness (QED) is 0.675. The van der Waals surface area contributed by atoms with Gasteiger partial charge in [0, 0.05) is 20.1 Å². The van der Waals surface area contributed by atoms with Gasteiger partial charge in [0.15, 0.2) is 5.78 Å². The second kappa shape index (κ2) is 6.50. The molecule has 5 heteroatoms. The van der Waals surface area contributed by atoms with E-state index in [1.807, 2.05) is 6.92 Å². The van der Waals surface area contributed by atoms with Crippen LogP contribution in [-0.2, 0) is 0 Å². The minimum atomic E-state index is -0.390. The summed E-state index contributed by atoms with van der Waals surface area (Å²) in [6.07, 6.45) is 0. The first-order chi connectivity index (χ1) is 9.52. The Kier molecular flexibility index (Phi) is 4.94. The largest absolute Gasteiger partial charge is 0.494 e. The van der Waals surface area contributed by atoms with Gasteiger partial charge in [0.1, 0.15) is 11.6 Å². The normalized spacial score (nSPS) is 10.4. The van der Waals surface area contributed by atoms with Crippen molar-refractivity contribution in [1.82, 2.24) is 0 Å². The first kappa shape index (κ1) is 15.2. The third-order valence-corrected chi connectivity index (χ3v) is 3.98. The summed E-state index contributed by atoms with van der Waals surface area (Å²) in [5, 5.41) is 0. The van der Waals surface area contributed by atoms with Crippen molar-refractivity contribution in [2.24, 2.45) is 0 Å². The van der Waals surface area contributed by atoms with E-state index in [1.165, 1.54) is 18.2 Å². The van der Waals surface area contributed by atoms with Crippen LogP contribution >= 0.6 is 31.9 Å². The van der Waals surface area contributed by atoms with Gasteiger partial charge in [-0.1, -0.05) is 0 Å². The van der Waals surface area contributed by atoms with Gasteiger partial charge in [-0.2, -0.15) is 0 Å². The average Bonchev–Trinajstić information content (AvgIpc) is 2.38. The van der Waals surface area contributed by atoms with Gasteiger partial charge in [0.05, 0.1) is 6.61 Å². The summed E-state index contributed by atoms with van der Waals surface area (Å²) in [5.74, 6) is 0.111. The summed E-state index contributed by atoms with van der Waals surface area (Å²) < 4.78 is 19.5. The molecule has 0 aromatic heterocycles. The molecular weight excluding hydrogens is 391 g/mol. The van der Waals surface area contributed by atoms with Gasteiger partial charge in [0.2, 0.25) is 0 Å². The molecule has 0 unspecified atom stereocenters. The number of ether oxygens (including phenoxy) is 1. The third kappa shape index (κ3) is 3.27. The van der Waals surface area contributed by atoms with Crippen molar-refractivity contribution in [3.63, 3.8) is 0 Å². The summed E-state index contributed by atoms with van der Waals surface area (Å²) in [5.41, 5.74) is 0.914. The molecule has 0 saturated carbocycles. The van der Waals surface area contributed by atoms with E-state index in [2.05, 4.69) is 31.9 Å². The van der Waals surface area contributed by atoms with E-state index in [0.29, 0.717) is 32.4 Å². The molecule has 0 aliphatic rings. The second-order valence-corrected chi connectivity index (χ2v) is 5.74. The predicted molar refractivity (Wildman–Crippen MR) is 82.8 cm³/mol. The number of hydrogen-bond acceptors (Lipinski definition) is 2. The molecule has 0 amide bonds. The van der Waals surface area contributed by atoms with Crippen molar-refractivity contribution < 1.29 is 13.9 Å². The van der Waals surface area contributed by atoms with Crippen LogP contribution in [0.25, 0.3) is 0 Å². The van der Waals surface area contributed by atoms with E-state index in [1.54, 1.807) is 18.2 Å². The average molecular weight is 402 g/mol. The van der Waals surface area contributed by atoms with Crippen molar-refractivity contribution in [1.29, 1.82) is 0 Å². The monoisotopic (exact) mass is 400 g/mol. The lowest BCUT2D eigenvalue weighted by molar-refractivity contribution is 0.103. The van der Waals surface area contributed by atoms with Crippen LogP contribution in [-0.4, -0.2) is 12.4 Å². The van der Waals surface area contributed by atoms with E-state index in [9.17, 15) is 9.18 Å². The first-order valence-electron chi connectivity index (χ1n) is 5.95. The Hall–Kier alpha value is -1.20. The highest BCUT2D eigenvalue weighted by Crippen LogP contribution is 2.28. The fourth-order valence-corrected chi connectivity index (χ4v) is 2.82. The number of carbonyl (C=O) groups is 1. The van der Waals surface area contributed by atoms with Crippen LogP contribution in [0.4, 0.5) is 4.39 Å². The van der Waals surface area contributed by atoms with Crippen LogP contribution < -0.4 is 4.74 Å². The molecule has 0 spiro atoms. The molecule has 0 heterocycles. The molecule has 2 aromatic carbocycles. The zero-order valence-electron chi connectivity index (χ0n) is 10.6. The molecule has 0 fully saturated rings. The molecule has 0 aliphatic heterocycles. The highest BCUT2D eigenvalue weighted by Gasteiger charge is 2.16. The van der Waals surface area contributed by atoms with Crippen molar-refractivity contribution >= 4 is 37.6 Å². The summed E-state index contributed by atoms with van der Waals surface area (Å²) in [4.78, 5) is 12.4. The van der Waals surface area contributed by atoms with Crippen molar-refractivity contribution in [2.75, 3.05) is 6.61 Å². The predicted octanol–water partition coefficient (Wildman–Crippen LogP) is 4.98. The maximum atomic E-state index is 13.1. The van der Waals surface area contributed by atoms with Crippen molar-refractivity contribution in [2.45, 2.75) is 6.92 Å². The minimum Gasteiger partial charge on any atom is -0.494 e. The van der Waals surface area contributed by atoms with Crippen molar-refractivity contribution in [3.05, 3.63) is 62.3 Å². The topological polar surface area (TPSA) is 26.3 Å². The Bertz CT molecular complexity index is 656. The van der Waals surface area contributed by atoms with E-state index in [0.717, 1.165) is 0 Å². The lowest BCUT2D eigenvalue weighted by atomic mass is 10.0. The van der Waals surface area contributed by atoms with Crippen LogP contribution in [0.1, 0.15) is 22.8 Å². The smallest absolute Gasteiger partial charge is 0.195 e.